The number of nitrogens with zero attached hydrogens (tertiary/aromatic N) is 1. The van der Waals surface area contributed by atoms with E-state index in [4.69, 9.17) is 10.5 Å². The van der Waals surface area contributed by atoms with E-state index in [-0.39, 0.29) is 5.69 Å². The van der Waals surface area contributed by atoms with Crippen LogP contribution in [0.3, 0.4) is 0 Å². The van der Waals surface area contributed by atoms with Gasteiger partial charge < -0.3 is 25.9 Å². The molecular formula is C23H20N4O5. The number of carbonyl (C=O) groups excluding carboxylic acids is 2. The molecule has 0 bridgehead atoms. The molecule has 1 unspecified atom stereocenters. The van der Waals surface area contributed by atoms with Crippen LogP contribution in [0.5, 0.6) is 5.75 Å². The SMILES string of the molecule is COc1cccc(-c2nc(C(=O)NC(CC(N)=O)C(=O)O)cc3c2[nH]c2ccccc23)c1. The normalized spacial score (nSPS) is 11.9. The number of hydrogen-bond acceptors (Lipinski definition) is 5. The molecule has 5 N–H and O–H groups in total. The third kappa shape index (κ3) is 3.95. The first kappa shape index (κ1) is 20.9. The Balaban J connectivity index is 1.88. The van der Waals surface area contributed by atoms with E-state index in [2.05, 4.69) is 15.3 Å². The Hall–Kier alpha value is -4.40. The Morgan fingerprint density at radius 1 is 1.12 bits per heavy atom. The molecule has 2 heterocycles. The number of carboxylic acids is 1. The number of carbonyl (C=O) groups is 3. The monoisotopic (exact) mass is 432 g/mol. The van der Waals surface area contributed by atoms with Gasteiger partial charge in [-0.3, -0.25) is 9.59 Å². The largest absolute Gasteiger partial charge is 0.497 e. The van der Waals surface area contributed by atoms with Crippen LogP contribution < -0.4 is 15.8 Å². The minimum atomic E-state index is -1.46. The zero-order chi connectivity index (χ0) is 22.8. The maximum absolute atomic E-state index is 12.9. The summed E-state index contributed by atoms with van der Waals surface area (Å²) in [6.07, 6.45) is -0.529. The van der Waals surface area contributed by atoms with Gasteiger partial charge in [-0.1, -0.05) is 30.3 Å². The van der Waals surface area contributed by atoms with Gasteiger partial charge in [-0.2, -0.15) is 0 Å². The molecule has 9 nitrogen and oxygen atoms in total. The van der Waals surface area contributed by atoms with Crippen LogP contribution >= 0.6 is 0 Å². The first-order valence-electron chi connectivity index (χ1n) is 9.75. The van der Waals surface area contributed by atoms with E-state index < -0.39 is 30.2 Å². The number of nitrogens with two attached hydrogens (primary N) is 1. The summed E-state index contributed by atoms with van der Waals surface area (Å²) in [6.45, 7) is 0. The second kappa shape index (κ2) is 8.38. The van der Waals surface area contributed by atoms with Crippen LogP contribution in [0.15, 0.2) is 54.6 Å². The van der Waals surface area contributed by atoms with Gasteiger partial charge in [0.15, 0.2) is 0 Å². The zero-order valence-electron chi connectivity index (χ0n) is 17.1. The number of carboxylic acid groups (broad SMARTS) is 1. The van der Waals surface area contributed by atoms with Crippen molar-refractivity contribution >= 4 is 39.6 Å². The summed E-state index contributed by atoms with van der Waals surface area (Å²) in [5.41, 5.74) is 7.92. The highest BCUT2D eigenvalue weighted by molar-refractivity contribution is 6.13. The van der Waals surface area contributed by atoms with Gasteiger partial charge in [0.1, 0.15) is 17.5 Å². The Labute approximate surface area is 182 Å². The summed E-state index contributed by atoms with van der Waals surface area (Å²) in [6, 6.07) is 15.0. The Morgan fingerprint density at radius 3 is 2.62 bits per heavy atom. The summed E-state index contributed by atoms with van der Waals surface area (Å²) in [4.78, 5) is 43.4. The van der Waals surface area contributed by atoms with Crippen LogP contribution in [0, 0.1) is 0 Å². The van der Waals surface area contributed by atoms with E-state index in [0.717, 1.165) is 21.8 Å². The third-order valence-corrected chi connectivity index (χ3v) is 5.08. The van der Waals surface area contributed by atoms with E-state index in [1.54, 1.807) is 25.3 Å². The number of aromatic amines is 1. The Bertz CT molecular complexity index is 1360. The number of pyridine rings is 1. The van der Waals surface area contributed by atoms with Crippen molar-refractivity contribution in [1.29, 1.82) is 0 Å². The molecule has 0 radical (unpaired) electrons. The summed E-state index contributed by atoms with van der Waals surface area (Å²) in [5, 5.41) is 13.3. The molecule has 0 aliphatic rings. The molecule has 0 aliphatic heterocycles. The molecule has 4 rings (SSSR count). The highest BCUT2D eigenvalue weighted by Gasteiger charge is 2.24. The van der Waals surface area contributed by atoms with Gasteiger partial charge in [0.05, 0.1) is 24.7 Å². The Kier molecular flexibility index (Phi) is 5.46. The Morgan fingerprint density at radius 2 is 1.91 bits per heavy atom. The molecule has 162 valence electrons. The van der Waals surface area contributed by atoms with Crippen molar-refractivity contribution in [1.82, 2.24) is 15.3 Å². The molecule has 4 aromatic rings. The lowest BCUT2D eigenvalue weighted by Crippen LogP contribution is -2.43. The van der Waals surface area contributed by atoms with Crippen LogP contribution in [0.4, 0.5) is 0 Å². The van der Waals surface area contributed by atoms with E-state index in [1.165, 1.54) is 0 Å². The summed E-state index contributed by atoms with van der Waals surface area (Å²) >= 11 is 0. The molecule has 0 fully saturated rings. The van der Waals surface area contributed by atoms with Crippen molar-refractivity contribution in [3.63, 3.8) is 0 Å². The predicted molar refractivity (Wildman–Crippen MR) is 118 cm³/mol. The molecule has 0 saturated heterocycles. The molecule has 2 amide bonds. The van der Waals surface area contributed by atoms with Crippen molar-refractivity contribution in [3.8, 4) is 17.0 Å². The average molecular weight is 432 g/mol. The molecular weight excluding hydrogens is 412 g/mol. The van der Waals surface area contributed by atoms with Gasteiger partial charge in [0.25, 0.3) is 5.91 Å². The van der Waals surface area contributed by atoms with Crippen LogP contribution in [0.25, 0.3) is 33.1 Å². The molecule has 0 spiro atoms. The van der Waals surface area contributed by atoms with E-state index >= 15 is 0 Å². The molecule has 9 heteroatoms. The van der Waals surface area contributed by atoms with Crippen molar-refractivity contribution in [3.05, 3.63) is 60.3 Å². The number of H-pyrrole nitrogens is 1. The van der Waals surface area contributed by atoms with Crippen molar-refractivity contribution in [2.75, 3.05) is 7.11 Å². The second-order valence-electron chi connectivity index (χ2n) is 7.22. The number of ether oxygens (including phenoxy) is 1. The number of hydrogen-bond donors (Lipinski definition) is 4. The fraction of sp³-hybridized carbons (Fsp3) is 0.130. The minimum Gasteiger partial charge on any atom is -0.497 e. The zero-order valence-corrected chi connectivity index (χ0v) is 17.1. The van der Waals surface area contributed by atoms with Crippen LogP contribution in [0.2, 0.25) is 0 Å². The van der Waals surface area contributed by atoms with Crippen molar-refractivity contribution < 1.29 is 24.2 Å². The van der Waals surface area contributed by atoms with Crippen molar-refractivity contribution in [2.45, 2.75) is 12.5 Å². The maximum atomic E-state index is 12.9. The fourth-order valence-corrected chi connectivity index (χ4v) is 3.57. The summed E-state index contributed by atoms with van der Waals surface area (Å²) in [7, 11) is 1.56. The highest BCUT2D eigenvalue weighted by atomic mass is 16.5. The van der Waals surface area contributed by atoms with E-state index in [0.29, 0.717) is 17.0 Å². The number of amides is 2. The number of nitrogens with one attached hydrogen (secondary N) is 2. The average Bonchev–Trinajstić information content (AvgIpc) is 3.16. The van der Waals surface area contributed by atoms with Gasteiger partial charge in [-0.05, 0) is 24.3 Å². The number of primary amides is 1. The van der Waals surface area contributed by atoms with E-state index in [9.17, 15) is 19.5 Å². The number of aromatic nitrogens is 2. The van der Waals surface area contributed by atoms with Gasteiger partial charge in [-0.25, -0.2) is 9.78 Å². The molecule has 2 aromatic heterocycles. The molecule has 0 saturated carbocycles. The number of methoxy groups -OCH3 is 1. The van der Waals surface area contributed by atoms with Crippen LogP contribution in [-0.4, -0.2) is 46.0 Å². The number of para-hydroxylation sites is 1. The molecule has 2 aromatic carbocycles. The van der Waals surface area contributed by atoms with Crippen LogP contribution in [-0.2, 0) is 9.59 Å². The van der Waals surface area contributed by atoms with Gasteiger partial charge in [0.2, 0.25) is 5.91 Å². The standard InChI is InChI=1S/C23H20N4O5/c1-32-13-6-4-5-12(9-13)20-21-15(14-7-2-3-8-16(14)25-21)10-17(26-20)22(29)27-18(23(30)31)11-19(24)28/h2-10,18,25H,11H2,1H3,(H2,24,28)(H,27,29)(H,30,31). The minimum absolute atomic E-state index is 0.00999. The van der Waals surface area contributed by atoms with Gasteiger partial charge in [0, 0.05) is 21.9 Å². The third-order valence-electron chi connectivity index (χ3n) is 5.08. The maximum Gasteiger partial charge on any atom is 0.326 e. The summed E-state index contributed by atoms with van der Waals surface area (Å²) < 4.78 is 5.31. The van der Waals surface area contributed by atoms with E-state index in [1.807, 2.05) is 36.4 Å². The summed E-state index contributed by atoms with van der Waals surface area (Å²) in [5.74, 6) is -2.31. The first-order valence-corrected chi connectivity index (χ1v) is 9.75. The molecule has 32 heavy (non-hydrogen) atoms. The number of rotatable bonds is 7. The first-order chi connectivity index (χ1) is 15.4. The number of aliphatic carboxylic acids is 1. The quantitative estimate of drug-likeness (QED) is 0.353. The lowest BCUT2D eigenvalue weighted by molar-refractivity contribution is -0.140. The van der Waals surface area contributed by atoms with Crippen molar-refractivity contribution in [2.24, 2.45) is 5.73 Å². The molecule has 0 aliphatic carbocycles. The smallest absolute Gasteiger partial charge is 0.326 e. The van der Waals surface area contributed by atoms with Gasteiger partial charge >= 0.3 is 5.97 Å². The predicted octanol–water partition coefficient (Wildman–Crippen LogP) is 2.45. The highest BCUT2D eigenvalue weighted by Crippen LogP contribution is 2.33. The lowest BCUT2D eigenvalue weighted by Gasteiger charge is -2.13. The number of fused-ring (bicyclic) bond motifs is 3. The second-order valence-corrected chi connectivity index (χ2v) is 7.22. The van der Waals surface area contributed by atoms with Gasteiger partial charge in [-0.15, -0.1) is 0 Å². The number of benzene rings is 2. The molecule has 1 atom stereocenters. The fourth-order valence-electron chi connectivity index (χ4n) is 3.57. The topological polar surface area (TPSA) is 147 Å². The van der Waals surface area contributed by atoms with Crippen LogP contribution in [0.1, 0.15) is 16.9 Å². The lowest BCUT2D eigenvalue weighted by atomic mass is 10.1.